The molecular weight excluding hydrogens is 292 g/mol. The molecule has 0 heterocycles. The molecule has 0 spiro atoms. The van der Waals surface area contributed by atoms with Gasteiger partial charge in [-0.15, -0.1) is 11.6 Å². The Balaban J connectivity index is 3.09. The quantitative estimate of drug-likeness (QED) is 0.146. The number of halogens is 1. The van der Waals surface area contributed by atoms with Crippen LogP contribution < -0.4 is 0 Å². The summed E-state index contributed by atoms with van der Waals surface area (Å²) in [4.78, 5) is 10.8. The molecule has 0 aromatic rings. The van der Waals surface area contributed by atoms with E-state index in [0.717, 1.165) is 19.1 Å². The van der Waals surface area contributed by atoms with Crippen molar-refractivity contribution in [2.75, 3.05) is 5.88 Å². The number of hydrogen-bond acceptors (Lipinski definition) is 1. The highest BCUT2D eigenvalue weighted by atomic mass is 35.5. The molecule has 0 saturated carbocycles. The molecular formula is C20H39ClO. The van der Waals surface area contributed by atoms with E-state index in [9.17, 15) is 4.79 Å². The second-order valence-corrected chi connectivity index (χ2v) is 7.14. The first-order valence-corrected chi connectivity index (χ1v) is 10.4. The van der Waals surface area contributed by atoms with Gasteiger partial charge in [0.2, 0.25) is 0 Å². The van der Waals surface area contributed by atoms with Gasteiger partial charge in [-0.3, -0.25) is 0 Å². The van der Waals surface area contributed by atoms with Gasteiger partial charge in [0.1, 0.15) is 6.29 Å². The second kappa shape index (κ2) is 19.0. The Kier molecular flexibility index (Phi) is 19.0. The minimum Gasteiger partial charge on any atom is -0.303 e. The molecule has 0 N–H and O–H groups in total. The first kappa shape index (κ1) is 22.0. The van der Waals surface area contributed by atoms with Gasteiger partial charge in [0.25, 0.3) is 0 Å². The smallest absolute Gasteiger partial charge is 0.123 e. The van der Waals surface area contributed by atoms with Gasteiger partial charge < -0.3 is 4.79 Å². The summed E-state index contributed by atoms with van der Waals surface area (Å²) in [7, 11) is 0. The molecule has 0 amide bonds. The zero-order chi connectivity index (χ0) is 16.3. The largest absolute Gasteiger partial charge is 0.303 e. The highest BCUT2D eigenvalue weighted by Crippen LogP contribution is 2.15. The van der Waals surface area contributed by atoms with Crippen LogP contribution >= 0.6 is 11.6 Å². The van der Waals surface area contributed by atoms with E-state index in [1.165, 1.54) is 89.9 Å². The van der Waals surface area contributed by atoms with Crippen LogP contribution in [0.3, 0.4) is 0 Å². The summed E-state index contributed by atoms with van der Waals surface area (Å²) in [5, 5.41) is 0. The molecule has 0 aliphatic rings. The zero-order valence-corrected chi connectivity index (χ0v) is 15.7. The van der Waals surface area contributed by atoms with Gasteiger partial charge >= 0.3 is 0 Å². The summed E-state index contributed by atoms with van der Waals surface area (Å²) in [5.41, 5.74) is 0. The predicted octanol–water partition coefficient (Wildman–Crippen LogP) is 7.30. The van der Waals surface area contributed by atoms with Crippen molar-refractivity contribution in [3.63, 3.8) is 0 Å². The third-order valence-corrected chi connectivity index (χ3v) is 4.82. The van der Waals surface area contributed by atoms with Crippen LogP contribution in [-0.4, -0.2) is 12.2 Å². The van der Waals surface area contributed by atoms with E-state index in [2.05, 4.69) is 6.92 Å². The summed E-state index contributed by atoms with van der Waals surface area (Å²) in [6.07, 6.45) is 22.4. The normalized spacial score (nSPS) is 12.5. The number of carbonyl (C=O) groups is 1. The Hall–Kier alpha value is -0.0400. The summed E-state index contributed by atoms with van der Waals surface area (Å²) < 4.78 is 0. The lowest BCUT2D eigenvalue weighted by Gasteiger charge is -2.07. The maximum absolute atomic E-state index is 10.8. The van der Waals surface area contributed by atoms with Crippen LogP contribution in [0.2, 0.25) is 0 Å². The SMILES string of the molecule is CCCCCCCCCCCCCCCCC(C=O)CCCl. The molecule has 2 heteroatoms. The van der Waals surface area contributed by atoms with Crippen molar-refractivity contribution in [1.29, 1.82) is 0 Å². The molecule has 0 aliphatic heterocycles. The lowest BCUT2D eigenvalue weighted by Crippen LogP contribution is -2.02. The van der Waals surface area contributed by atoms with Gasteiger partial charge in [-0.25, -0.2) is 0 Å². The molecule has 1 atom stereocenters. The Morgan fingerprint density at radius 1 is 0.682 bits per heavy atom. The average molecular weight is 331 g/mol. The Morgan fingerprint density at radius 2 is 1.09 bits per heavy atom. The van der Waals surface area contributed by atoms with Crippen LogP contribution in [0, 0.1) is 5.92 Å². The minimum absolute atomic E-state index is 0.204. The van der Waals surface area contributed by atoms with E-state index in [1.54, 1.807) is 0 Å². The van der Waals surface area contributed by atoms with E-state index < -0.39 is 0 Å². The molecule has 22 heavy (non-hydrogen) atoms. The maximum atomic E-state index is 10.8. The highest BCUT2D eigenvalue weighted by molar-refractivity contribution is 6.17. The van der Waals surface area contributed by atoms with Crippen molar-refractivity contribution in [3.05, 3.63) is 0 Å². The topological polar surface area (TPSA) is 17.1 Å². The zero-order valence-electron chi connectivity index (χ0n) is 15.0. The summed E-state index contributed by atoms with van der Waals surface area (Å²) >= 11 is 5.68. The van der Waals surface area contributed by atoms with Crippen molar-refractivity contribution in [2.45, 2.75) is 110 Å². The number of aldehydes is 1. The number of unbranched alkanes of at least 4 members (excludes halogenated alkanes) is 13. The lowest BCUT2D eigenvalue weighted by atomic mass is 9.99. The third-order valence-electron chi connectivity index (χ3n) is 4.60. The standard InChI is InChI=1S/C20H39ClO/c1-2-3-4-5-6-7-8-9-10-11-12-13-14-15-16-20(19-22)17-18-21/h19-20H,2-18H2,1H3. The molecule has 0 fully saturated rings. The van der Waals surface area contributed by atoms with E-state index in [0.29, 0.717) is 5.88 Å². The van der Waals surface area contributed by atoms with E-state index in [4.69, 9.17) is 11.6 Å². The summed E-state index contributed by atoms with van der Waals surface area (Å²) in [6, 6.07) is 0. The fourth-order valence-electron chi connectivity index (χ4n) is 3.02. The van der Waals surface area contributed by atoms with Crippen LogP contribution in [0.15, 0.2) is 0 Å². The predicted molar refractivity (Wildman–Crippen MR) is 99.8 cm³/mol. The molecule has 1 unspecified atom stereocenters. The number of carbonyl (C=O) groups excluding carboxylic acids is 1. The van der Waals surface area contributed by atoms with Gasteiger partial charge in [-0.05, 0) is 12.8 Å². The van der Waals surface area contributed by atoms with Crippen LogP contribution in [0.1, 0.15) is 110 Å². The van der Waals surface area contributed by atoms with Crippen LogP contribution in [0.4, 0.5) is 0 Å². The highest BCUT2D eigenvalue weighted by Gasteiger charge is 2.05. The lowest BCUT2D eigenvalue weighted by molar-refractivity contribution is -0.111. The Bertz CT molecular complexity index is 218. The maximum Gasteiger partial charge on any atom is 0.123 e. The monoisotopic (exact) mass is 330 g/mol. The van der Waals surface area contributed by atoms with E-state index in [1.807, 2.05) is 0 Å². The van der Waals surface area contributed by atoms with Crippen molar-refractivity contribution in [1.82, 2.24) is 0 Å². The minimum atomic E-state index is 0.204. The molecule has 0 aromatic carbocycles. The van der Waals surface area contributed by atoms with Crippen molar-refractivity contribution < 1.29 is 4.79 Å². The molecule has 0 aliphatic carbocycles. The molecule has 0 saturated heterocycles. The van der Waals surface area contributed by atoms with E-state index in [-0.39, 0.29) is 5.92 Å². The van der Waals surface area contributed by atoms with Gasteiger partial charge in [-0.2, -0.15) is 0 Å². The first-order valence-electron chi connectivity index (χ1n) is 9.86. The van der Waals surface area contributed by atoms with Gasteiger partial charge in [0.05, 0.1) is 0 Å². The molecule has 0 radical (unpaired) electrons. The molecule has 0 aromatic heterocycles. The van der Waals surface area contributed by atoms with Crippen molar-refractivity contribution in [2.24, 2.45) is 5.92 Å². The number of alkyl halides is 1. The van der Waals surface area contributed by atoms with Gasteiger partial charge in [-0.1, -0.05) is 96.8 Å². The third kappa shape index (κ3) is 16.3. The molecule has 132 valence electrons. The number of rotatable bonds is 18. The van der Waals surface area contributed by atoms with Crippen molar-refractivity contribution >= 4 is 17.9 Å². The first-order chi connectivity index (χ1) is 10.8. The van der Waals surface area contributed by atoms with E-state index >= 15 is 0 Å². The molecule has 1 nitrogen and oxygen atoms in total. The Morgan fingerprint density at radius 3 is 1.45 bits per heavy atom. The molecule has 0 bridgehead atoms. The Labute approximate surface area is 144 Å². The molecule has 0 rings (SSSR count). The average Bonchev–Trinajstić information content (AvgIpc) is 2.54. The van der Waals surface area contributed by atoms with Crippen molar-refractivity contribution in [3.8, 4) is 0 Å². The van der Waals surface area contributed by atoms with Crippen LogP contribution in [-0.2, 0) is 4.79 Å². The van der Waals surface area contributed by atoms with Gasteiger partial charge in [0, 0.05) is 11.8 Å². The number of hydrogen-bond donors (Lipinski definition) is 0. The van der Waals surface area contributed by atoms with Gasteiger partial charge in [0.15, 0.2) is 0 Å². The summed E-state index contributed by atoms with van der Waals surface area (Å²) in [6.45, 7) is 2.28. The fraction of sp³-hybridized carbons (Fsp3) is 0.950. The summed E-state index contributed by atoms with van der Waals surface area (Å²) in [5.74, 6) is 0.817. The second-order valence-electron chi connectivity index (χ2n) is 6.76. The van der Waals surface area contributed by atoms with Crippen LogP contribution in [0.5, 0.6) is 0 Å². The fourth-order valence-corrected chi connectivity index (χ4v) is 3.30. The van der Waals surface area contributed by atoms with Crippen LogP contribution in [0.25, 0.3) is 0 Å².